The maximum Gasteiger partial charge on any atom is 0.408 e. The lowest BCUT2D eigenvalue weighted by Crippen LogP contribution is -2.47. The van der Waals surface area contributed by atoms with Gasteiger partial charge >= 0.3 is 6.09 Å². The van der Waals surface area contributed by atoms with Crippen LogP contribution in [-0.4, -0.2) is 33.5 Å². The maximum absolute atomic E-state index is 12.7. The van der Waals surface area contributed by atoms with Crippen LogP contribution in [0.5, 0.6) is 0 Å². The monoisotopic (exact) mass is 276 g/mol. The number of carbonyl (C=O) groups excluding carboxylic acids is 1. The Labute approximate surface area is 109 Å². The zero-order valence-electron chi connectivity index (χ0n) is 11.3. The molecule has 1 heterocycles. The molecule has 1 amide bonds. The molecule has 1 unspecified atom stereocenters. The molecule has 19 heavy (non-hydrogen) atoms. The number of alkyl halides is 2. The third-order valence-electron chi connectivity index (χ3n) is 2.32. The van der Waals surface area contributed by atoms with E-state index in [-0.39, 0.29) is 5.69 Å². The fraction of sp³-hybridized carbons (Fsp3) is 0.727. The highest BCUT2D eigenvalue weighted by molar-refractivity contribution is 5.69. The summed E-state index contributed by atoms with van der Waals surface area (Å²) in [7, 11) is 0. The average molecular weight is 276 g/mol. The van der Waals surface area contributed by atoms with Gasteiger partial charge in [-0.05, 0) is 27.7 Å². The molecule has 108 valence electrons. The number of aromatic amines is 1. The van der Waals surface area contributed by atoms with Crippen LogP contribution in [0.25, 0.3) is 0 Å². The predicted molar refractivity (Wildman–Crippen MR) is 63.7 cm³/mol. The molecule has 0 aliphatic carbocycles. The summed E-state index contributed by atoms with van der Waals surface area (Å²) in [6.07, 6.45) is -2.67. The van der Waals surface area contributed by atoms with Crippen molar-refractivity contribution < 1.29 is 18.3 Å². The molecule has 0 bridgehead atoms. The minimum atomic E-state index is -2.60. The van der Waals surface area contributed by atoms with Gasteiger partial charge in [0, 0.05) is 6.42 Å². The largest absolute Gasteiger partial charge is 0.444 e. The molecule has 0 saturated heterocycles. The number of ether oxygens (including phenoxy) is 1. The molecule has 1 aromatic heterocycles. The van der Waals surface area contributed by atoms with Crippen LogP contribution in [-0.2, 0) is 10.3 Å². The van der Waals surface area contributed by atoms with Gasteiger partial charge in [0.05, 0.1) is 11.7 Å². The van der Waals surface area contributed by atoms with Gasteiger partial charge in [0.2, 0.25) is 6.43 Å². The molecule has 0 radical (unpaired) electrons. The summed E-state index contributed by atoms with van der Waals surface area (Å²) in [4.78, 5) is 11.7. The lowest BCUT2D eigenvalue weighted by Gasteiger charge is -2.30. The Balaban J connectivity index is 2.84. The van der Waals surface area contributed by atoms with Crippen LogP contribution >= 0.6 is 0 Å². The number of rotatable bonds is 4. The normalized spacial score (nSPS) is 15.1. The summed E-state index contributed by atoms with van der Waals surface area (Å²) in [6, 6.07) is 0. The summed E-state index contributed by atoms with van der Waals surface area (Å²) < 4.78 is 30.4. The van der Waals surface area contributed by atoms with Gasteiger partial charge in [-0.3, -0.25) is 0 Å². The van der Waals surface area contributed by atoms with Crippen LogP contribution in [0.2, 0.25) is 0 Å². The van der Waals surface area contributed by atoms with Crippen molar-refractivity contribution in [2.75, 3.05) is 0 Å². The number of hydrogen-bond donors (Lipinski definition) is 2. The molecule has 6 nitrogen and oxygen atoms in total. The van der Waals surface area contributed by atoms with E-state index in [1.807, 2.05) is 0 Å². The van der Waals surface area contributed by atoms with Gasteiger partial charge in [-0.25, -0.2) is 13.6 Å². The fourth-order valence-electron chi connectivity index (χ4n) is 1.52. The zero-order chi connectivity index (χ0) is 14.7. The third-order valence-corrected chi connectivity index (χ3v) is 2.32. The fourth-order valence-corrected chi connectivity index (χ4v) is 1.52. The van der Waals surface area contributed by atoms with E-state index in [4.69, 9.17) is 4.74 Å². The zero-order valence-corrected chi connectivity index (χ0v) is 11.3. The second-order valence-electron chi connectivity index (χ2n) is 5.41. The number of hydrogen-bond acceptors (Lipinski definition) is 4. The number of aromatic nitrogens is 3. The first-order valence-corrected chi connectivity index (χ1v) is 5.78. The Bertz CT molecular complexity index is 417. The van der Waals surface area contributed by atoms with Crippen LogP contribution in [0.3, 0.4) is 0 Å². The van der Waals surface area contributed by atoms with E-state index >= 15 is 0 Å². The van der Waals surface area contributed by atoms with E-state index < -0.39 is 30.1 Å². The van der Waals surface area contributed by atoms with E-state index in [2.05, 4.69) is 20.7 Å². The topological polar surface area (TPSA) is 79.9 Å². The smallest absolute Gasteiger partial charge is 0.408 e. The van der Waals surface area contributed by atoms with Gasteiger partial charge in [0.15, 0.2) is 0 Å². The molecule has 0 saturated carbocycles. The molecule has 1 atom stereocenters. The minimum absolute atomic E-state index is 0.221. The van der Waals surface area contributed by atoms with Crippen molar-refractivity contribution in [3.8, 4) is 0 Å². The van der Waals surface area contributed by atoms with E-state index in [0.29, 0.717) is 0 Å². The second-order valence-corrected chi connectivity index (χ2v) is 5.41. The molecule has 1 rings (SSSR count). The van der Waals surface area contributed by atoms with Crippen LogP contribution in [0.1, 0.15) is 39.8 Å². The van der Waals surface area contributed by atoms with Crippen LogP contribution in [0, 0.1) is 0 Å². The van der Waals surface area contributed by atoms with Crippen molar-refractivity contribution in [3.05, 3.63) is 11.9 Å². The highest BCUT2D eigenvalue weighted by atomic mass is 19.3. The number of nitrogens with zero attached hydrogens (tertiary/aromatic N) is 2. The number of alkyl carbamates (subject to hydrolysis) is 1. The van der Waals surface area contributed by atoms with Crippen LogP contribution < -0.4 is 5.32 Å². The summed E-state index contributed by atoms with van der Waals surface area (Å²) >= 11 is 0. The van der Waals surface area contributed by atoms with Gasteiger partial charge in [-0.1, -0.05) is 0 Å². The molecule has 2 N–H and O–H groups in total. The first kappa shape index (κ1) is 15.3. The van der Waals surface area contributed by atoms with Crippen LogP contribution in [0.4, 0.5) is 13.6 Å². The Morgan fingerprint density at radius 2 is 2.11 bits per heavy atom. The Morgan fingerprint density at radius 1 is 1.47 bits per heavy atom. The molecule has 1 aromatic rings. The van der Waals surface area contributed by atoms with Crippen molar-refractivity contribution in [2.24, 2.45) is 0 Å². The lowest BCUT2D eigenvalue weighted by molar-refractivity contribution is 0.0380. The molecule has 0 spiro atoms. The lowest BCUT2D eigenvalue weighted by atomic mass is 9.94. The predicted octanol–water partition coefficient (Wildman–Crippen LogP) is 2.20. The molecule has 0 aromatic carbocycles. The molecule has 0 aliphatic rings. The maximum atomic E-state index is 12.7. The number of carbonyl (C=O) groups is 1. The summed E-state index contributed by atoms with van der Waals surface area (Å²) in [5, 5.41) is 12.1. The van der Waals surface area contributed by atoms with Gasteiger partial charge in [-0.15, -0.1) is 0 Å². The van der Waals surface area contributed by atoms with E-state index in [1.54, 1.807) is 20.8 Å². The highest BCUT2D eigenvalue weighted by Gasteiger charge is 2.36. The van der Waals surface area contributed by atoms with Crippen molar-refractivity contribution >= 4 is 6.09 Å². The first-order valence-electron chi connectivity index (χ1n) is 5.78. The van der Waals surface area contributed by atoms with E-state index in [9.17, 15) is 13.6 Å². The SMILES string of the molecule is CC(C)(C)OC(=O)NC(C)(CC(F)F)c1cn[nH]n1. The van der Waals surface area contributed by atoms with Gasteiger partial charge in [0.1, 0.15) is 11.3 Å². The average Bonchev–Trinajstić information content (AvgIpc) is 2.64. The molecular formula is C11H18F2N4O2. The van der Waals surface area contributed by atoms with Crippen molar-refractivity contribution in [3.63, 3.8) is 0 Å². The Morgan fingerprint density at radius 3 is 2.53 bits per heavy atom. The van der Waals surface area contributed by atoms with Crippen molar-refractivity contribution in [2.45, 2.75) is 51.7 Å². The first-order chi connectivity index (χ1) is 8.62. The summed E-state index contributed by atoms with van der Waals surface area (Å²) in [6.45, 7) is 6.51. The van der Waals surface area contributed by atoms with Crippen molar-refractivity contribution in [1.29, 1.82) is 0 Å². The number of amides is 1. The molecule has 0 aliphatic heterocycles. The third kappa shape index (κ3) is 4.80. The van der Waals surface area contributed by atoms with E-state index in [1.165, 1.54) is 13.1 Å². The highest BCUT2D eigenvalue weighted by Crippen LogP contribution is 2.26. The minimum Gasteiger partial charge on any atom is -0.444 e. The quantitative estimate of drug-likeness (QED) is 0.883. The standard InChI is InChI=1S/C11H18F2N4O2/c1-10(2,3)19-9(18)15-11(4,5-8(12)13)7-6-14-17-16-7/h6,8H,5H2,1-4H3,(H,15,18)(H,14,16,17). The number of halogens is 2. The second kappa shape index (κ2) is 5.50. The van der Waals surface area contributed by atoms with Gasteiger partial charge < -0.3 is 10.1 Å². The van der Waals surface area contributed by atoms with Gasteiger partial charge in [-0.2, -0.15) is 15.4 Å². The number of nitrogens with one attached hydrogen (secondary N) is 2. The molecular weight excluding hydrogens is 258 g/mol. The summed E-state index contributed by atoms with van der Waals surface area (Å²) in [5.74, 6) is 0. The molecule has 0 fully saturated rings. The van der Waals surface area contributed by atoms with Gasteiger partial charge in [0.25, 0.3) is 0 Å². The Hall–Kier alpha value is -1.73. The Kier molecular flexibility index (Phi) is 4.43. The summed E-state index contributed by atoms with van der Waals surface area (Å²) in [5.41, 5.74) is -1.83. The molecule has 8 heteroatoms. The van der Waals surface area contributed by atoms with E-state index in [0.717, 1.165) is 0 Å². The van der Waals surface area contributed by atoms with Crippen LogP contribution in [0.15, 0.2) is 6.20 Å². The van der Waals surface area contributed by atoms with Crippen molar-refractivity contribution in [1.82, 2.24) is 20.7 Å². The number of H-pyrrole nitrogens is 1.